The van der Waals surface area contributed by atoms with Crippen molar-refractivity contribution in [3.05, 3.63) is 96.1 Å². The fourth-order valence-electron chi connectivity index (χ4n) is 5.53. The van der Waals surface area contributed by atoms with Crippen LogP contribution in [0.25, 0.3) is 11.1 Å². The second-order valence-electron chi connectivity index (χ2n) is 10.2. The van der Waals surface area contributed by atoms with Gasteiger partial charge in [-0.05, 0) is 54.1 Å². The summed E-state index contributed by atoms with van der Waals surface area (Å²) in [7, 11) is 1.87. The molecule has 0 saturated carbocycles. The third-order valence-electron chi connectivity index (χ3n) is 7.71. The first-order valence-corrected chi connectivity index (χ1v) is 13.0. The molecule has 0 bridgehead atoms. The Kier molecular flexibility index (Phi) is 7.47. The quantitative estimate of drug-likeness (QED) is 0.480. The molecule has 0 radical (unpaired) electrons. The van der Waals surface area contributed by atoms with E-state index in [-0.39, 0.29) is 17.9 Å². The van der Waals surface area contributed by atoms with E-state index >= 15 is 0 Å². The number of carbonyl (C=O) groups excluding carboxylic acids is 2. The molecule has 5 heteroatoms. The molecule has 2 atom stereocenters. The second-order valence-corrected chi connectivity index (χ2v) is 10.2. The molecule has 0 spiro atoms. The van der Waals surface area contributed by atoms with Crippen LogP contribution in [0.2, 0.25) is 0 Å². The Bertz CT molecular complexity index is 1160. The molecule has 5 nitrogen and oxygen atoms in total. The molecular weight excluding hydrogens is 446 g/mol. The minimum atomic E-state index is 0.0151. The maximum absolute atomic E-state index is 13.1. The Morgan fingerprint density at radius 2 is 1.47 bits per heavy atom. The van der Waals surface area contributed by atoms with E-state index in [1.165, 1.54) is 5.56 Å². The van der Waals surface area contributed by atoms with Crippen molar-refractivity contribution < 1.29 is 9.59 Å². The van der Waals surface area contributed by atoms with Gasteiger partial charge in [0.15, 0.2) is 0 Å². The van der Waals surface area contributed by atoms with E-state index in [9.17, 15) is 9.59 Å². The zero-order chi connectivity index (χ0) is 24.9. The molecule has 186 valence electrons. The highest BCUT2D eigenvalue weighted by molar-refractivity contribution is 5.95. The predicted molar refractivity (Wildman–Crippen MR) is 143 cm³/mol. The second kappa shape index (κ2) is 11.1. The topological polar surface area (TPSA) is 43.9 Å². The molecule has 1 unspecified atom stereocenters. The van der Waals surface area contributed by atoms with E-state index in [1.807, 2.05) is 65.4 Å². The summed E-state index contributed by atoms with van der Waals surface area (Å²) < 4.78 is 0. The average Bonchev–Trinajstić information content (AvgIpc) is 3.59. The summed E-state index contributed by atoms with van der Waals surface area (Å²) in [6.45, 7) is 4.35. The number of amides is 2. The van der Waals surface area contributed by atoms with Gasteiger partial charge < -0.3 is 9.80 Å². The van der Waals surface area contributed by atoms with Gasteiger partial charge in [0.2, 0.25) is 5.91 Å². The van der Waals surface area contributed by atoms with Crippen LogP contribution in [0.1, 0.15) is 35.2 Å². The molecule has 2 aliphatic heterocycles. The van der Waals surface area contributed by atoms with Gasteiger partial charge in [-0.3, -0.25) is 14.5 Å². The number of nitrogens with zero attached hydrogens (tertiary/aromatic N) is 3. The largest absolute Gasteiger partial charge is 0.341 e. The van der Waals surface area contributed by atoms with Gasteiger partial charge in [-0.25, -0.2) is 0 Å². The molecule has 3 aromatic carbocycles. The van der Waals surface area contributed by atoms with Gasteiger partial charge in [0, 0.05) is 45.2 Å². The number of rotatable bonds is 7. The SMILES string of the molecule is CN(C(=O)c1ccc(-c2ccccc2)cc1)[C@H]1CCN(C(=O)CC2CCN(Cc3ccccc3)C2)C1. The van der Waals surface area contributed by atoms with E-state index in [0.29, 0.717) is 24.4 Å². The molecule has 2 aliphatic rings. The fraction of sp³-hybridized carbons (Fsp3) is 0.355. The van der Waals surface area contributed by atoms with Gasteiger partial charge in [0.1, 0.15) is 0 Å². The third-order valence-corrected chi connectivity index (χ3v) is 7.71. The van der Waals surface area contributed by atoms with Gasteiger partial charge in [0.25, 0.3) is 5.91 Å². The lowest BCUT2D eigenvalue weighted by atomic mass is 10.0. The molecule has 3 aromatic rings. The monoisotopic (exact) mass is 481 g/mol. The van der Waals surface area contributed by atoms with Crippen molar-refractivity contribution in [3.8, 4) is 11.1 Å². The first-order chi connectivity index (χ1) is 17.6. The van der Waals surface area contributed by atoms with Crippen LogP contribution in [0, 0.1) is 5.92 Å². The minimum Gasteiger partial charge on any atom is -0.341 e. The van der Waals surface area contributed by atoms with Crippen molar-refractivity contribution in [1.29, 1.82) is 0 Å². The van der Waals surface area contributed by atoms with Crippen LogP contribution in [-0.4, -0.2) is 65.8 Å². The lowest BCUT2D eigenvalue weighted by Gasteiger charge is -2.25. The van der Waals surface area contributed by atoms with Crippen LogP contribution in [-0.2, 0) is 11.3 Å². The normalized spacial score (nSPS) is 20.0. The molecule has 36 heavy (non-hydrogen) atoms. The van der Waals surface area contributed by atoms with E-state index < -0.39 is 0 Å². The Morgan fingerprint density at radius 3 is 2.19 bits per heavy atom. The number of likely N-dealkylation sites (tertiary alicyclic amines) is 2. The van der Waals surface area contributed by atoms with Gasteiger partial charge in [-0.1, -0.05) is 72.8 Å². The van der Waals surface area contributed by atoms with Crippen molar-refractivity contribution >= 4 is 11.8 Å². The third kappa shape index (κ3) is 5.68. The van der Waals surface area contributed by atoms with Crippen molar-refractivity contribution in [3.63, 3.8) is 0 Å². The van der Waals surface area contributed by atoms with Crippen molar-refractivity contribution in [2.24, 2.45) is 5.92 Å². The van der Waals surface area contributed by atoms with Crippen LogP contribution in [0.15, 0.2) is 84.9 Å². The Balaban J connectivity index is 1.11. The van der Waals surface area contributed by atoms with Gasteiger partial charge in [-0.2, -0.15) is 0 Å². The standard InChI is InChI=1S/C31H35N3O2/c1-32(31(36)28-14-12-27(13-15-28)26-10-6-3-7-11-26)29-17-19-34(23-29)30(35)20-25-16-18-33(22-25)21-24-8-4-2-5-9-24/h2-15,25,29H,16-23H2,1H3/t25?,29-/m0/s1. The summed E-state index contributed by atoms with van der Waals surface area (Å²) in [4.78, 5) is 32.4. The molecule has 0 N–H and O–H groups in total. The minimum absolute atomic E-state index is 0.0151. The molecular formula is C31H35N3O2. The Morgan fingerprint density at radius 1 is 0.806 bits per heavy atom. The van der Waals surface area contributed by atoms with E-state index in [4.69, 9.17) is 0 Å². The van der Waals surface area contributed by atoms with Gasteiger partial charge in [-0.15, -0.1) is 0 Å². The van der Waals surface area contributed by atoms with E-state index in [2.05, 4.69) is 41.3 Å². The number of benzene rings is 3. The molecule has 0 aromatic heterocycles. The molecule has 2 amide bonds. The summed E-state index contributed by atoms with van der Waals surface area (Å²) in [5.74, 6) is 0.668. The maximum atomic E-state index is 13.1. The van der Waals surface area contributed by atoms with E-state index in [0.717, 1.165) is 50.1 Å². The number of hydrogen-bond acceptors (Lipinski definition) is 3. The smallest absolute Gasteiger partial charge is 0.253 e. The molecule has 2 saturated heterocycles. The lowest BCUT2D eigenvalue weighted by molar-refractivity contribution is -0.131. The van der Waals surface area contributed by atoms with Crippen LogP contribution < -0.4 is 0 Å². The number of likely N-dealkylation sites (N-methyl/N-ethyl adjacent to an activating group) is 1. The zero-order valence-corrected chi connectivity index (χ0v) is 21.1. The molecule has 2 heterocycles. The number of hydrogen-bond donors (Lipinski definition) is 0. The summed E-state index contributed by atoms with van der Waals surface area (Å²) in [5, 5.41) is 0. The van der Waals surface area contributed by atoms with Crippen molar-refractivity contribution in [1.82, 2.24) is 14.7 Å². The molecule has 2 fully saturated rings. The van der Waals surface area contributed by atoms with Crippen LogP contribution in [0.3, 0.4) is 0 Å². The maximum Gasteiger partial charge on any atom is 0.253 e. The summed E-state index contributed by atoms with van der Waals surface area (Å²) in [6, 6.07) is 28.6. The predicted octanol–water partition coefficient (Wildman–Crippen LogP) is 4.94. The zero-order valence-electron chi connectivity index (χ0n) is 21.1. The van der Waals surface area contributed by atoms with Crippen molar-refractivity contribution in [2.45, 2.75) is 31.8 Å². The van der Waals surface area contributed by atoms with Crippen LogP contribution in [0.4, 0.5) is 0 Å². The summed E-state index contributed by atoms with van der Waals surface area (Å²) in [6.07, 6.45) is 2.52. The number of carbonyl (C=O) groups is 2. The Hall–Kier alpha value is -3.44. The Labute approximate surface area is 214 Å². The highest BCUT2D eigenvalue weighted by Gasteiger charge is 2.33. The summed E-state index contributed by atoms with van der Waals surface area (Å²) >= 11 is 0. The highest BCUT2D eigenvalue weighted by atomic mass is 16.2. The average molecular weight is 482 g/mol. The molecule has 0 aliphatic carbocycles. The summed E-state index contributed by atoms with van der Waals surface area (Å²) in [5.41, 5.74) is 4.25. The van der Waals surface area contributed by atoms with E-state index in [1.54, 1.807) is 0 Å². The fourth-order valence-corrected chi connectivity index (χ4v) is 5.53. The van der Waals surface area contributed by atoms with Crippen LogP contribution >= 0.6 is 0 Å². The van der Waals surface area contributed by atoms with Crippen LogP contribution in [0.5, 0.6) is 0 Å². The van der Waals surface area contributed by atoms with Gasteiger partial charge in [0.05, 0.1) is 6.04 Å². The first kappa shape index (κ1) is 24.3. The van der Waals surface area contributed by atoms with Crippen molar-refractivity contribution in [2.75, 3.05) is 33.2 Å². The molecule has 5 rings (SSSR count). The first-order valence-electron chi connectivity index (χ1n) is 13.0. The lowest BCUT2D eigenvalue weighted by Crippen LogP contribution is -2.40. The highest BCUT2D eigenvalue weighted by Crippen LogP contribution is 2.25. The van der Waals surface area contributed by atoms with Gasteiger partial charge >= 0.3 is 0 Å².